The van der Waals surface area contributed by atoms with Gasteiger partial charge in [-0.3, -0.25) is 4.90 Å². The molecule has 2 aromatic heterocycles. The predicted molar refractivity (Wildman–Crippen MR) is 84.4 cm³/mol. The van der Waals surface area contributed by atoms with Gasteiger partial charge in [0.2, 0.25) is 29.3 Å². The van der Waals surface area contributed by atoms with Crippen LogP contribution in [0.15, 0.2) is 8.83 Å². The molecule has 0 unspecified atom stereocenters. The highest BCUT2D eigenvalue weighted by Gasteiger charge is 2.32. The summed E-state index contributed by atoms with van der Waals surface area (Å²) in [5.41, 5.74) is 0.412. The summed E-state index contributed by atoms with van der Waals surface area (Å²) in [6, 6.07) is 2.16. The molecule has 1 aliphatic heterocycles. The first kappa shape index (κ1) is 15.1. The molecule has 0 aromatic carbocycles. The second kappa shape index (κ2) is 6.24. The van der Waals surface area contributed by atoms with Crippen LogP contribution < -0.4 is 4.90 Å². The maximum Gasteiger partial charge on any atom is 0.234 e. The maximum absolute atomic E-state index is 9.30. The lowest BCUT2D eigenvalue weighted by molar-refractivity contribution is 0.221. The number of rotatable bonds is 5. The van der Waals surface area contributed by atoms with E-state index >= 15 is 0 Å². The minimum absolute atomic E-state index is 0.412. The fraction of sp³-hybridized carbons (Fsp3) is 0.625. The Balaban J connectivity index is 1.38. The smallest absolute Gasteiger partial charge is 0.234 e. The molecule has 0 N–H and O–H groups in total. The molecular formula is C16H20N6O2. The number of nitriles is 1. The summed E-state index contributed by atoms with van der Waals surface area (Å²) in [7, 11) is 0. The van der Waals surface area contributed by atoms with Gasteiger partial charge in [-0.15, -0.1) is 10.2 Å². The Hall–Kier alpha value is -2.40. The normalized spacial score (nSPS) is 18.8. The van der Waals surface area contributed by atoms with Crippen molar-refractivity contribution in [3.8, 4) is 6.07 Å². The van der Waals surface area contributed by atoms with Gasteiger partial charge in [0.15, 0.2) is 0 Å². The van der Waals surface area contributed by atoms with Gasteiger partial charge in [-0.1, -0.05) is 6.92 Å². The van der Waals surface area contributed by atoms with Gasteiger partial charge in [-0.2, -0.15) is 5.26 Å². The molecule has 8 nitrogen and oxygen atoms in total. The van der Waals surface area contributed by atoms with E-state index in [0.29, 0.717) is 35.8 Å². The monoisotopic (exact) mass is 328 g/mol. The molecular weight excluding hydrogens is 308 g/mol. The molecule has 8 heteroatoms. The third-order valence-corrected chi connectivity index (χ3v) is 4.49. The molecule has 3 heterocycles. The zero-order valence-electron chi connectivity index (χ0n) is 13.7. The lowest BCUT2D eigenvalue weighted by Crippen LogP contribution is -2.46. The maximum atomic E-state index is 9.30. The fourth-order valence-electron chi connectivity index (χ4n) is 2.92. The average molecular weight is 328 g/mol. The van der Waals surface area contributed by atoms with Crippen LogP contribution in [-0.4, -0.2) is 46.3 Å². The highest BCUT2D eigenvalue weighted by Crippen LogP contribution is 2.41. The van der Waals surface area contributed by atoms with Crippen LogP contribution in [0.25, 0.3) is 0 Å². The molecule has 0 radical (unpaired) electrons. The largest absolute Gasteiger partial charge is 0.424 e. The second-order valence-corrected chi connectivity index (χ2v) is 6.30. The van der Waals surface area contributed by atoms with Gasteiger partial charge in [-0.05, 0) is 12.8 Å². The SMILES string of the molecule is CCc1nnc(CN2CCN(c3oc(C4CC4)nc3C#N)CC2)o1. The quantitative estimate of drug-likeness (QED) is 0.818. The van der Waals surface area contributed by atoms with Crippen molar-refractivity contribution < 1.29 is 8.83 Å². The molecule has 0 spiro atoms. The summed E-state index contributed by atoms with van der Waals surface area (Å²) in [6.07, 6.45) is 2.98. The number of nitrogens with zero attached hydrogens (tertiary/aromatic N) is 6. The minimum atomic E-state index is 0.412. The van der Waals surface area contributed by atoms with Crippen molar-refractivity contribution in [2.24, 2.45) is 0 Å². The van der Waals surface area contributed by atoms with Crippen molar-refractivity contribution in [2.75, 3.05) is 31.1 Å². The van der Waals surface area contributed by atoms with Gasteiger partial charge >= 0.3 is 0 Å². The Bertz CT molecular complexity index is 749. The van der Waals surface area contributed by atoms with Crippen molar-refractivity contribution in [2.45, 2.75) is 38.6 Å². The zero-order valence-corrected chi connectivity index (χ0v) is 13.7. The number of aryl methyl sites for hydroxylation is 1. The van der Waals surface area contributed by atoms with Gasteiger partial charge in [-0.25, -0.2) is 4.98 Å². The first-order valence-corrected chi connectivity index (χ1v) is 8.46. The summed E-state index contributed by atoms with van der Waals surface area (Å²) < 4.78 is 11.4. The molecule has 4 rings (SSSR count). The molecule has 126 valence electrons. The van der Waals surface area contributed by atoms with Crippen molar-refractivity contribution in [3.63, 3.8) is 0 Å². The van der Waals surface area contributed by atoms with Gasteiger partial charge in [0.25, 0.3) is 0 Å². The van der Waals surface area contributed by atoms with Crippen LogP contribution in [0.3, 0.4) is 0 Å². The van der Waals surface area contributed by atoms with Crippen molar-refractivity contribution in [3.05, 3.63) is 23.4 Å². The molecule has 0 amide bonds. The van der Waals surface area contributed by atoms with Gasteiger partial charge in [0.1, 0.15) is 6.07 Å². The molecule has 2 aliphatic rings. The molecule has 1 aliphatic carbocycles. The van der Waals surface area contributed by atoms with E-state index in [0.717, 1.165) is 51.3 Å². The molecule has 0 bridgehead atoms. The molecule has 2 aromatic rings. The lowest BCUT2D eigenvalue weighted by Gasteiger charge is -2.33. The Morgan fingerprint density at radius 1 is 1.12 bits per heavy atom. The molecule has 0 atom stereocenters. The highest BCUT2D eigenvalue weighted by atomic mass is 16.4. The summed E-state index contributed by atoms with van der Waals surface area (Å²) in [6.45, 7) is 5.96. The number of piperazine rings is 1. The van der Waals surface area contributed by atoms with E-state index in [4.69, 9.17) is 8.83 Å². The summed E-state index contributed by atoms with van der Waals surface area (Å²) in [4.78, 5) is 8.73. The Labute approximate surface area is 140 Å². The van der Waals surface area contributed by atoms with Crippen molar-refractivity contribution in [1.29, 1.82) is 5.26 Å². The Morgan fingerprint density at radius 2 is 1.88 bits per heavy atom. The number of hydrogen-bond donors (Lipinski definition) is 0. The van der Waals surface area contributed by atoms with E-state index in [1.54, 1.807) is 0 Å². The van der Waals surface area contributed by atoms with Gasteiger partial charge in [0, 0.05) is 38.5 Å². The summed E-state index contributed by atoms with van der Waals surface area (Å²) in [5, 5.41) is 17.4. The molecule has 1 saturated carbocycles. The van der Waals surface area contributed by atoms with Crippen molar-refractivity contribution in [1.82, 2.24) is 20.1 Å². The molecule has 2 fully saturated rings. The summed E-state index contributed by atoms with van der Waals surface area (Å²) in [5.74, 6) is 3.11. The highest BCUT2D eigenvalue weighted by molar-refractivity contribution is 5.48. The number of anilines is 1. The standard InChI is InChI=1S/C16H20N6O2/c1-2-13-19-20-14(23-13)10-21-5-7-22(8-6-21)16-12(9-17)18-15(24-16)11-3-4-11/h11H,2-8,10H2,1H3. The van der Waals surface area contributed by atoms with Gasteiger partial charge < -0.3 is 13.7 Å². The van der Waals surface area contributed by atoms with Crippen LogP contribution in [0, 0.1) is 11.3 Å². The van der Waals surface area contributed by atoms with Crippen LogP contribution >= 0.6 is 0 Å². The number of aromatic nitrogens is 3. The second-order valence-electron chi connectivity index (χ2n) is 6.30. The van der Waals surface area contributed by atoms with E-state index < -0.39 is 0 Å². The van der Waals surface area contributed by atoms with Crippen LogP contribution in [0.5, 0.6) is 0 Å². The minimum Gasteiger partial charge on any atom is -0.424 e. The van der Waals surface area contributed by atoms with Gasteiger partial charge in [0.05, 0.1) is 6.54 Å². The fourth-order valence-corrected chi connectivity index (χ4v) is 2.92. The number of oxazole rings is 1. The first-order valence-electron chi connectivity index (χ1n) is 8.46. The van der Waals surface area contributed by atoms with Crippen LogP contribution in [-0.2, 0) is 13.0 Å². The topological polar surface area (TPSA) is 95.2 Å². The van der Waals surface area contributed by atoms with E-state index in [1.807, 2.05) is 6.92 Å². The van der Waals surface area contributed by atoms with E-state index in [-0.39, 0.29) is 0 Å². The molecule has 24 heavy (non-hydrogen) atoms. The van der Waals surface area contributed by atoms with Crippen LogP contribution in [0.2, 0.25) is 0 Å². The molecule has 1 saturated heterocycles. The third-order valence-electron chi connectivity index (χ3n) is 4.49. The van der Waals surface area contributed by atoms with E-state index in [9.17, 15) is 5.26 Å². The Kier molecular flexibility index (Phi) is 3.94. The first-order chi connectivity index (χ1) is 11.8. The average Bonchev–Trinajstić information content (AvgIpc) is 3.21. The van der Waals surface area contributed by atoms with Crippen LogP contribution in [0.1, 0.15) is 49.0 Å². The Morgan fingerprint density at radius 3 is 2.50 bits per heavy atom. The van der Waals surface area contributed by atoms with E-state index in [1.165, 1.54) is 0 Å². The third kappa shape index (κ3) is 2.99. The zero-order chi connectivity index (χ0) is 16.5. The van der Waals surface area contributed by atoms with E-state index in [2.05, 4.69) is 31.1 Å². The lowest BCUT2D eigenvalue weighted by atomic mass is 10.3. The number of hydrogen-bond acceptors (Lipinski definition) is 8. The van der Waals surface area contributed by atoms with Crippen molar-refractivity contribution >= 4 is 5.88 Å². The predicted octanol–water partition coefficient (Wildman–Crippen LogP) is 1.69. The summed E-state index contributed by atoms with van der Waals surface area (Å²) >= 11 is 0. The van der Waals surface area contributed by atoms with Crippen LogP contribution in [0.4, 0.5) is 5.88 Å².